The molecule has 0 spiro atoms. The van der Waals surface area contributed by atoms with Crippen molar-refractivity contribution in [2.24, 2.45) is 0 Å². The van der Waals surface area contributed by atoms with Crippen LogP contribution in [0, 0.1) is 0 Å². The molecule has 8 aromatic carbocycles. The zero-order valence-electron chi connectivity index (χ0n) is 24.8. The fourth-order valence-electron chi connectivity index (χ4n) is 7.47. The maximum Gasteiger partial charge on any atom is 0.136 e. The Hall–Kier alpha value is -6.12. The predicted octanol–water partition coefficient (Wildman–Crippen LogP) is 12.8. The van der Waals surface area contributed by atoms with Crippen molar-refractivity contribution < 1.29 is 8.83 Å². The average Bonchev–Trinajstić information content (AvgIpc) is 3.68. The van der Waals surface area contributed by atoms with E-state index in [0.717, 1.165) is 49.4 Å². The normalized spacial score (nSPS) is 11.9. The maximum atomic E-state index is 6.57. The molecular formula is C44H26O2. The van der Waals surface area contributed by atoms with Crippen LogP contribution in [0.2, 0.25) is 0 Å². The Bertz CT molecular complexity index is 2740. The van der Waals surface area contributed by atoms with Crippen molar-refractivity contribution in [2.45, 2.75) is 0 Å². The first-order valence-corrected chi connectivity index (χ1v) is 15.7. The fraction of sp³-hybridized carbons (Fsp3) is 0. The van der Waals surface area contributed by atoms with Gasteiger partial charge in [-0.2, -0.15) is 0 Å². The summed E-state index contributed by atoms with van der Waals surface area (Å²) >= 11 is 0. The van der Waals surface area contributed by atoms with Gasteiger partial charge in [0.2, 0.25) is 0 Å². The standard InChI is InChI=1S/C44H26O2/c1-2-11-27(12-3-1)28-13-10-14-29(25-28)41-31-15-4-6-17-33(31)42(34-18-7-5-16-32(34)41)30-21-22-36-40(26-30)46-39-24-23-38-43(44(36)39)35-19-8-9-20-37(35)45-38/h1-26H. The first-order valence-electron chi connectivity index (χ1n) is 15.7. The molecule has 0 amide bonds. The Labute approximate surface area is 264 Å². The van der Waals surface area contributed by atoms with Gasteiger partial charge in [-0.05, 0) is 91.3 Å². The lowest BCUT2D eigenvalue weighted by atomic mass is 9.85. The molecule has 2 heteroatoms. The second-order valence-corrected chi connectivity index (χ2v) is 12.0. The first-order chi connectivity index (χ1) is 22.8. The summed E-state index contributed by atoms with van der Waals surface area (Å²) in [5.74, 6) is 0. The van der Waals surface area contributed by atoms with E-state index in [2.05, 4.69) is 133 Å². The largest absolute Gasteiger partial charge is 0.456 e. The summed E-state index contributed by atoms with van der Waals surface area (Å²) < 4.78 is 12.8. The number of rotatable bonds is 3. The monoisotopic (exact) mass is 586 g/mol. The molecule has 0 atom stereocenters. The molecule has 2 nitrogen and oxygen atoms in total. The molecule has 2 heterocycles. The summed E-state index contributed by atoms with van der Waals surface area (Å²) in [6.07, 6.45) is 0. The zero-order valence-corrected chi connectivity index (χ0v) is 24.8. The molecule has 0 unspecified atom stereocenters. The van der Waals surface area contributed by atoms with Crippen molar-refractivity contribution in [2.75, 3.05) is 0 Å². The Morgan fingerprint density at radius 2 is 0.739 bits per heavy atom. The molecule has 0 aliphatic rings. The number of hydrogen-bond donors (Lipinski definition) is 0. The number of benzene rings is 8. The molecule has 10 aromatic rings. The smallest absolute Gasteiger partial charge is 0.136 e. The molecule has 0 fully saturated rings. The Kier molecular flexibility index (Phi) is 5.31. The van der Waals surface area contributed by atoms with E-state index in [1.807, 2.05) is 24.3 Å². The lowest BCUT2D eigenvalue weighted by Gasteiger charge is -2.18. The molecule has 0 bridgehead atoms. The van der Waals surface area contributed by atoms with Crippen molar-refractivity contribution in [3.05, 3.63) is 158 Å². The molecule has 46 heavy (non-hydrogen) atoms. The number of furan rings is 2. The van der Waals surface area contributed by atoms with Crippen LogP contribution in [0.25, 0.3) is 98.8 Å². The van der Waals surface area contributed by atoms with E-state index in [-0.39, 0.29) is 0 Å². The molecule has 0 saturated heterocycles. The van der Waals surface area contributed by atoms with Crippen molar-refractivity contribution in [3.8, 4) is 33.4 Å². The minimum Gasteiger partial charge on any atom is -0.456 e. The van der Waals surface area contributed by atoms with E-state index in [4.69, 9.17) is 8.83 Å². The van der Waals surface area contributed by atoms with E-state index < -0.39 is 0 Å². The number of hydrogen-bond acceptors (Lipinski definition) is 2. The highest BCUT2D eigenvalue weighted by atomic mass is 16.3. The maximum absolute atomic E-state index is 6.57. The summed E-state index contributed by atoms with van der Waals surface area (Å²) in [6, 6.07) is 56.1. The molecule has 10 rings (SSSR count). The minimum atomic E-state index is 0.870. The summed E-state index contributed by atoms with van der Waals surface area (Å²) in [5.41, 5.74) is 10.8. The Morgan fingerprint density at radius 3 is 1.39 bits per heavy atom. The van der Waals surface area contributed by atoms with Crippen molar-refractivity contribution in [3.63, 3.8) is 0 Å². The third kappa shape index (κ3) is 3.65. The van der Waals surface area contributed by atoms with E-state index in [1.54, 1.807) is 0 Å². The van der Waals surface area contributed by atoms with Crippen LogP contribution in [-0.4, -0.2) is 0 Å². The van der Waals surface area contributed by atoms with Crippen molar-refractivity contribution in [1.29, 1.82) is 0 Å². The van der Waals surface area contributed by atoms with Crippen LogP contribution in [-0.2, 0) is 0 Å². The van der Waals surface area contributed by atoms with Gasteiger partial charge in [-0.25, -0.2) is 0 Å². The minimum absolute atomic E-state index is 0.870. The topological polar surface area (TPSA) is 26.3 Å². The van der Waals surface area contributed by atoms with Crippen LogP contribution >= 0.6 is 0 Å². The van der Waals surface area contributed by atoms with Crippen LogP contribution in [0.15, 0.2) is 167 Å². The van der Waals surface area contributed by atoms with Gasteiger partial charge in [-0.3, -0.25) is 0 Å². The van der Waals surface area contributed by atoms with Gasteiger partial charge in [0.25, 0.3) is 0 Å². The van der Waals surface area contributed by atoms with Gasteiger partial charge in [-0.15, -0.1) is 0 Å². The molecule has 0 aliphatic carbocycles. The highest BCUT2D eigenvalue weighted by molar-refractivity contribution is 6.27. The van der Waals surface area contributed by atoms with E-state index in [1.165, 1.54) is 49.4 Å². The van der Waals surface area contributed by atoms with Crippen LogP contribution in [0.5, 0.6) is 0 Å². The molecule has 2 aromatic heterocycles. The van der Waals surface area contributed by atoms with E-state index in [0.29, 0.717) is 0 Å². The molecule has 0 N–H and O–H groups in total. The Morgan fingerprint density at radius 1 is 0.261 bits per heavy atom. The quantitative estimate of drug-likeness (QED) is 0.193. The van der Waals surface area contributed by atoms with Crippen molar-refractivity contribution >= 4 is 65.4 Å². The lowest BCUT2D eigenvalue weighted by molar-refractivity contribution is 0.663. The van der Waals surface area contributed by atoms with Gasteiger partial charge in [0.05, 0.1) is 0 Å². The van der Waals surface area contributed by atoms with Gasteiger partial charge in [0, 0.05) is 21.5 Å². The summed E-state index contributed by atoms with van der Waals surface area (Å²) in [4.78, 5) is 0. The molecule has 0 radical (unpaired) electrons. The SMILES string of the molecule is c1ccc(-c2cccc(-c3c4ccccc4c(-c4ccc5c(c4)oc4ccc6oc7ccccc7c6c45)c4ccccc34)c2)cc1. The van der Waals surface area contributed by atoms with Crippen LogP contribution in [0.1, 0.15) is 0 Å². The number of para-hydroxylation sites is 1. The lowest BCUT2D eigenvalue weighted by Crippen LogP contribution is -1.91. The van der Waals surface area contributed by atoms with Gasteiger partial charge in [0.1, 0.15) is 22.3 Å². The highest BCUT2D eigenvalue weighted by Gasteiger charge is 2.20. The van der Waals surface area contributed by atoms with Gasteiger partial charge in [-0.1, -0.05) is 121 Å². The zero-order chi connectivity index (χ0) is 30.2. The van der Waals surface area contributed by atoms with E-state index >= 15 is 0 Å². The molecule has 214 valence electrons. The molecule has 0 saturated carbocycles. The number of fused-ring (bicyclic) bond motifs is 9. The summed E-state index contributed by atoms with van der Waals surface area (Å²) in [6.45, 7) is 0. The predicted molar refractivity (Wildman–Crippen MR) is 192 cm³/mol. The first kappa shape index (κ1) is 25.2. The van der Waals surface area contributed by atoms with Crippen molar-refractivity contribution in [1.82, 2.24) is 0 Å². The average molecular weight is 587 g/mol. The van der Waals surface area contributed by atoms with Gasteiger partial charge < -0.3 is 8.83 Å². The molecular weight excluding hydrogens is 560 g/mol. The van der Waals surface area contributed by atoms with E-state index in [9.17, 15) is 0 Å². The van der Waals surface area contributed by atoms with Gasteiger partial charge >= 0.3 is 0 Å². The van der Waals surface area contributed by atoms with Crippen LogP contribution < -0.4 is 0 Å². The summed E-state index contributed by atoms with van der Waals surface area (Å²) in [5, 5.41) is 9.33. The fourth-order valence-corrected chi connectivity index (χ4v) is 7.47. The second-order valence-electron chi connectivity index (χ2n) is 12.0. The van der Waals surface area contributed by atoms with Gasteiger partial charge in [0.15, 0.2) is 0 Å². The third-order valence-corrected chi connectivity index (χ3v) is 9.45. The van der Waals surface area contributed by atoms with Crippen LogP contribution in [0.4, 0.5) is 0 Å². The second kappa shape index (κ2) is 9.69. The Balaban J connectivity index is 1.24. The van der Waals surface area contributed by atoms with Crippen LogP contribution in [0.3, 0.4) is 0 Å². The highest BCUT2D eigenvalue weighted by Crippen LogP contribution is 2.46. The molecule has 0 aliphatic heterocycles. The third-order valence-electron chi connectivity index (χ3n) is 9.45. The summed E-state index contributed by atoms with van der Waals surface area (Å²) in [7, 11) is 0.